The van der Waals surface area contributed by atoms with Gasteiger partial charge in [-0.25, -0.2) is 4.98 Å². The van der Waals surface area contributed by atoms with E-state index < -0.39 is 0 Å². The number of hydrogen-bond donors (Lipinski definition) is 1. The van der Waals surface area contributed by atoms with E-state index in [0.29, 0.717) is 5.15 Å². The van der Waals surface area contributed by atoms with Gasteiger partial charge in [-0.3, -0.25) is 0 Å². The molecule has 0 unspecified atom stereocenters. The molecule has 4 heteroatoms. The van der Waals surface area contributed by atoms with Crippen molar-refractivity contribution < 1.29 is 0 Å². The number of aromatic nitrogens is 1. The predicted octanol–water partition coefficient (Wildman–Crippen LogP) is 3.61. The van der Waals surface area contributed by atoms with Gasteiger partial charge in [0.1, 0.15) is 5.15 Å². The Morgan fingerprint density at radius 1 is 1.19 bits per heavy atom. The van der Waals surface area contributed by atoms with Crippen LogP contribution in [0.25, 0.3) is 0 Å². The second kappa shape index (κ2) is 5.23. The third-order valence-electron chi connectivity index (χ3n) is 2.08. The fourth-order valence-corrected chi connectivity index (χ4v) is 2.30. The maximum absolute atomic E-state index is 5.81. The standard InChI is InChI=1S/C12H11ClN2S/c13-12-7-9(5-6-15-12)8-16-11-3-1-10(14)2-4-11/h1-7H,8,14H2. The maximum atomic E-state index is 5.81. The molecular weight excluding hydrogens is 240 g/mol. The van der Waals surface area contributed by atoms with E-state index in [0.717, 1.165) is 11.4 Å². The van der Waals surface area contributed by atoms with E-state index >= 15 is 0 Å². The van der Waals surface area contributed by atoms with Gasteiger partial charge in [0.2, 0.25) is 0 Å². The SMILES string of the molecule is Nc1ccc(SCc2ccnc(Cl)c2)cc1. The lowest BCUT2D eigenvalue weighted by Crippen LogP contribution is -1.84. The Morgan fingerprint density at radius 3 is 2.62 bits per heavy atom. The van der Waals surface area contributed by atoms with E-state index in [1.54, 1.807) is 18.0 Å². The van der Waals surface area contributed by atoms with Crippen molar-refractivity contribution in [3.05, 3.63) is 53.3 Å². The van der Waals surface area contributed by atoms with Gasteiger partial charge >= 0.3 is 0 Å². The number of rotatable bonds is 3. The van der Waals surface area contributed by atoms with Crippen molar-refractivity contribution in [2.24, 2.45) is 0 Å². The molecule has 0 aliphatic carbocycles. The summed E-state index contributed by atoms with van der Waals surface area (Å²) in [6, 6.07) is 11.7. The molecule has 0 spiro atoms. The van der Waals surface area contributed by atoms with Crippen LogP contribution in [0.15, 0.2) is 47.5 Å². The Bertz CT molecular complexity index is 471. The molecule has 2 aromatic rings. The number of nitrogens with zero attached hydrogens (tertiary/aromatic N) is 1. The molecule has 0 atom stereocenters. The lowest BCUT2D eigenvalue weighted by molar-refractivity contribution is 1.27. The number of anilines is 1. The summed E-state index contributed by atoms with van der Waals surface area (Å²) < 4.78 is 0. The molecule has 0 aliphatic rings. The van der Waals surface area contributed by atoms with Crippen LogP contribution >= 0.6 is 23.4 Å². The fourth-order valence-electron chi connectivity index (χ4n) is 1.26. The molecule has 82 valence electrons. The van der Waals surface area contributed by atoms with Crippen molar-refractivity contribution in [3.63, 3.8) is 0 Å². The van der Waals surface area contributed by atoms with Crippen LogP contribution in [-0.2, 0) is 5.75 Å². The Hall–Kier alpha value is -1.19. The van der Waals surface area contributed by atoms with E-state index in [1.807, 2.05) is 36.4 Å². The van der Waals surface area contributed by atoms with Crippen molar-refractivity contribution in [2.75, 3.05) is 5.73 Å². The zero-order valence-corrected chi connectivity index (χ0v) is 10.1. The number of nitrogens with two attached hydrogens (primary N) is 1. The quantitative estimate of drug-likeness (QED) is 0.514. The summed E-state index contributed by atoms with van der Waals surface area (Å²) in [4.78, 5) is 5.14. The van der Waals surface area contributed by atoms with Gasteiger partial charge in [-0.15, -0.1) is 11.8 Å². The predicted molar refractivity (Wildman–Crippen MR) is 69.7 cm³/mol. The van der Waals surface area contributed by atoms with Crippen LogP contribution in [0.2, 0.25) is 5.15 Å². The number of benzene rings is 1. The first-order valence-electron chi connectivity index (χ1n) is 4.83. The van der Waals surface area contributed by atoms with Crippen LogP contribution in [0.3, 0.4) is 0 Å². The summed E-state index contributed by atoms with van der Waals surface area (Å²) in [5.41, 5.74) is 7.58. The molecule has 1 aromatic carbocycles. The van der Waals surface area contributed by atoms with Crippen LogP contribution in [0.4, 0.5) is 5.69 Å². The zero-order chi connectivity index (χ0) is 11.4. The highest BCUT2D eigenvalue weighted by Crippen LogP contribution is 2.24. The molecule has 1 aromatic heterocycles. The van der Waals surface area contributed by atoms with Gasteiger partial charge in [-0.05, 0) is 42.0 Å². The summed E-state index contributed by atoms with van der Waals surface area (Å²) in [6.07, 6.45) is 1.72. The number of halogens is 1. The van der Waals surface area contributed by atoms with Crippen LogP contribution in [-0.4, -0.2) is 4.98 Å². The minimum atomic E-state index is 0.537. The number of nitrogen functional groups attached to an aromatic ring is 1. The molecule has 0 saturated carbocycles. The first kappa shape index (κ1) is 11.3. The van der Waals surface area contributed by atoms with Gasteiger partial charge in [-0.2, -0.15) is 0 Å². The van der Waals surface area contributed by atoms with Crippen LogP contribution in [0.1, 0.15) is 5.56 Å². The summed E-state index contributed by atoms with van der Waals surface area (Å²) >= 11 is 7.56. The normalized spacial score (nSPS) is 10.3. The molecule has 1 heterocycles. The fraction of sp³-hybridized carbons (Fsp3) is 0.0833. The molecule has 16 heavy (non-hydrogen) atoms. The van der Waals surface area contributed by atoms with E-state index in [4.69, 9.17) is 17.3 Å². The maximum Gasteiger partial charge on any atom is 0.129 e. The molecule has 0 amide bonds. The van der Waals surface area contributed by atoms with Gasteiger partial charge in [-0.1, -0.05) is 11.6 Å². The highest BCUT2D eigenvalue weighted by molar-refractivity contribution is 7.98. The number of thioether (sulfide) groups is 1. The van der Waals surface area contributed by atoms with E-state index in [1.165, 1.54) is 10.5 Å². The molecular formula is C12H11ClN2S. The Kier molecular flexibility index (Phi) is 3.70. The Balaban J connectivity index is 1.99. The second-order valence-electron chi connectivity index (χ2n) is 3.34. The lowest BCUT2D eigenvalue weighted by Gasteiger charge is -2.02. The smallest absolute Gasteiger partial charge is 0.129 e. The van der Waals surface area contributed by atoms with Crippen molar-refractivity contribution in [1.82, 2.24) is 4.98 Å². The van der Waals surface area contributed by atoms with Crippen molar-refractivity contribution in [1.29, 1.82) is 0 Å². The summed E-state index contributed by atoms with van der Waals surface area (Å²) in [7, 11) is 0. The minimum absolute atomic E-state index is 0.537. The molecule has 0 saturated heterocycles. The molecule has 0 aliphatic heterocycles. The highest BCUT2D eigenvalue weighted by Gasteiger charge is 1.97. The second-order valence-corrected chi connectivity index (χ2v) is 4.78. The van der Waals surface area contributed by atoms with Crippen LogP contribution < -0.4 is 5.73 Å². The molecule has 0 radical (unpaired) electrons. The van der Waals surface area contributed by atoms with E-state index in [-0.39, 0.29) is 0 Å². The molecule has 2 nitrogen and oxygen atoms in total. The summed E-state index contributed by atoms with van der Waals surface area (Å²) in [6.45, 7) is 0. The van der Waals surface area contributed by atoms with Crippen LogP contribution in [0.5, 0.6) is 0 Å². The molecule has 0 bridgehead atoms. The van der Waals surface area contributed by atoms with Gasteiger partial charge < -0.3 is 5.73 Å². The van der Waals surface area contributed by atoms with Gasteiger partial charge in [0.05, 0.1) is 0 Å². The number of pyridine rings is 1. The molecule has 2 rings (SSSR count). The molecule has 2 N–H and O–H groups in total. The van der Waals surface area contributed by atoms with Gasteiger partial charge in [0.15, 0.2) is 0 Å². The number of hydrogen-bond acceptors (Lipinski definition) is 3. The van der Waals surface area contributed by atoms with Gasteiger partial charge in [0, 0.05) is 22.5 Å². The average Bonchev–Trinajstić information content (AvgIpc) is 2.28. The van der Waals surface area contributed by atoms with Crippen molar-refractivity contribution in [2.45, 2.75) is 10.6 Å². The summed E-state index contributed by atoms with van der Waals surface area (Å²) in [5.74, 6) is 0.881. The third-order valence-corrected chi connectivity index (χ3v) is 3.37. The average molecular weight is 251 g/mol. The van der Waals surface area contributed by atoms with E-state index in [2.05, 4.69) is 4.98 Å². The highest BCUT2D eigenvalue weighted by atomic mass is 35.5. The van der Waals surface area contributed by atoms with Crippen LogP contribution in [0, 0.1) is 0 Å². The molecule has 0 fully saturated rings. The van der Waals surface area contributed by atoms with Crippen molar-refractivity contribution >= 4 is 29.1 Å². The van der Waals surface area contributed by atoms with E-state index in [9.17, 15) is 0 Å². The Morgan fingerprint density at radius 2 is 1.94 bits per heavy atom. The topological polar surface area (TPSA) is 38.9 Å². The minimum Gasteiger partial charge on any atom is -0.399 e. The third kappa shape index (κ3) is 3.15. The summed E-state index contributed by atoms with van der Waals surface area (Å²) in [5, 5.41) is 0.537. The zero-order valence-electron chi connectivity index (χ0n) is 8.56. The lowest BCUT2D eigenvalue weighted by atomic mass is 10.3. The first-order chi connectivity index (χ1) is 7.74. The monoisotopic (exact) mass is 250 g/mol. The first-order valence-corrected chi connectivity index (χ1v) is 6.19. The Labute approximate surface area is 104 Å². The largest absolute Gasteiger partial charge is 0.399 e. The van der Waals surface area contributed by atoms with Crippen molar-refractivity contribution in [3.8, 4) is 0 Å². The van der Waals surface area contributed by atoms with Gasteiger partial charge in [0.25, 0.3) is 0 Å².